The van der Waals surface area contributed by atoms with Crippen molar-refractivity contribution in [2.75, 3.05) is 11.4 Å². The molecule has 2 fully saturated rings. The van der Waals surface area contributed by atoms with Crippen molar-refractivity contribution in [1.82, 2.24) is 9.88 Å². The van der Waals surface area contributed by atoms with E-state index in [1.165, 1.54) is 0 Å². The lowest BCUT2D eigenvalue weighted by Crippen LogP contribution is -2.41. The molecule has 1 aliphatic heterocycles. The highest BCUT2D eigenvalue weighted by Gasteiger charge is 2.41. The summed E-state index contributed by atoms with van der Waals surface area (Å²) < 4.78 is 11.3. The Balaban J connectivity index is 1.91. The van der Waals surface area contributed by atoms with Crippen LogP contribution in [0.15, 0.2) is 18.3 Å². The Hall–Kier alpha value is -2.31. The van der Waals surface area contributed by atoms with E-state index in [-0.39, 0.29) is 24.3 Å². The van der Waals surface area contributed by atoms with Gasteiger partial charge in [0, 0.05) is 24.3 Å². The van der Waals surface area contributed by atoms with Crippen molar-refractivity contribution in [2.24, 2.45) is 0 Å². The number of hydrogen-bond acceptors (Lipinski definition) is 5. The number of ether oxygens (including phenoxy) is 2. The van der Waals surface area contributed by atoms with E-state index >= 15 is 0 Å². The highest BCUT2D eigenvalue weighted by atomic mass is 16.6. The van der Waals surface area contributed by atoms with Gasteiger partial charge in [0.1, 0.15) is 17.0 Å². The van der Waals surface area contributed by atoms with Crippen LogP contribution >= 0.6 is 0 Å². The van der Waals surface area contributed by atoms with Gasteiger partial charge in [0.15, 0.2) is 0 Å². The molecule has 1 saturated carbocycles. The number of rotatable bonds is 3. The molecule has 0 spiro atoms. The fourth-order valence-corrected chi connectivity index (χ4v) is 3.55. The first kappa shape index (κ1) is 21.4. The first-order valence-corrected chi connectivity index (χ1v) is 10.4. The van der Waals surface area contributed by atoms with Crippen LogP contribution < -0.4 is 4.90 Å². The molecule has 7 heteroatoms. The topological polar surface area (TPSA) is 72.0 Å². The van der Waals surface area contributed by atoms with Gasteiger partial charge in [0.2, 0.25) is 0 Å². The molecule has 1 saturated heterocycles. The maximum absolute atomic E-state index is 13.0. The van der Waals surface area contributed by atoms with E-state index in [0.29, 0.717) is 12.4 Å². The molecule has 1 aromatic heterocycles. The predicted octanol–water partition coefficient (Wildman–Crippen LogP) is 5.06. The maximum Gasteiger partial charge on any atom is 0.416 e. The van der Waals surface area contributed by atoms with Crippen molar-refractivity contribution < 1.29 is 19.1 Å². The first-order chi connectivity index (χ1) is 13.5. The molecule has 0 N–H and O–H groups in total. The Morgan fingerprint density at radius 3 is 2.31 bits per heavy atom. The van der Waals surface area contributed by atoms with Crippen molar-refractivity contribution in [3.8, 4) is 0 Å². The van der Waals surface area contributed by atoms with Gasteiger partial charge in [0.25, 0.3) is 0 Å². The third-order valence-corrected chi connectivity index (χ3v) is 4.79. The second-order valence-electron chi connectivity index (χ2n) is 9.83. The van der Waals surface area contributed by atoms with E-state index in [1.54, 1.807) is 16.0 Å². The van der Waals surface area contributed by atoms with Crippen LogP contribution in [0.5, 0.6) is 0 Å². The van der Waals surface area contributed by atoms with Crippen LogP contribution in [0.4, 0.5) is 15.4 Å². The van der Waals surface area contributed by atoms with Gasteiger partial charge in [-0.2, -0.15) is 0 Å². The maximum atomic E-state index is 13.0. The second kappa shape index (κ2) is 7.84. The average Bonchev–Trinajstić information content (AvgIpc) is 3.27. The molecule has 2 amide bonds. The van der Waals surface area contributed by atoms with Gasteiger partial charge < -0.3 is 14.4 Å². The molecule has 1 aliphatic carbocycles. The quantitative estimate of drug-likeness (QED) is 0.705. The molecule has 2 heterocycles. The minimum absolute atomic E-state index is 0.0925. The van der Waals surface area contributed by atoms with Crippen LogP contribution in [-0.4, -0.2) is 45.9 Å². The standard InChI is InChI=1S/C22H33N3O4/c1-21(2,3)28-19(26)24-14-8-10-17(24)16-9-7-13-23-18(16)25(15-11-12-15)20(27)29-22(4,5)6/h7,9,13,15,17H,8,10-12,14H2,1-6H3. The lowest BCUT2D eigenvalue weighted by molar-refractivity contribution is 0.0224. The molecule has 1 atom stereocenters. The van der Waals surface area contributed by atoms with Crippen molar-refractivity contribution in [3.63, 3.8) is 0 Å². The molecule has 3 rings (SSSR count). The molecule has 1 aromatic rings. The van der Waals surface area contributed by atoms with E-state index in [0.717, 1.165) is 31.2 Å². The minimum atomic E-state index is -0.588. The summed E-state index contributed by atoms with van der Waals surface area (Å²) >= 11 is 0. The zero-order chi connectivity index (χ0) is 21.4. The Kier molecular flexibility index (Phi) is 5.79. The molecule has 7 nitrogen and oxygen atoms in total. The number of likely N-dealkylation sites (tertiary alicyclic amines) is 1. The smallest absolute Gasteiger partial charge is 0.416 e. The highest BCUT2D eigenvalue weighted by Crippen LogP contribution is 2.40. The van der Waals surface area contributed by atoms with Crippen molar-refractivity contribution in [2.45, 2.75) is 90.5 Å². The van der Waals surface area contributed by atoms with Gasteiger partial charge in [-0.3, -0.25) is 4.90 Å². The lowest BCUT2D eigenvalue weighted by atomic mass is 10.0. The third kappa shape index (κ3) is 5.40. The number of nitrogens with zero attached hydrogens (tertiary/aromatic N) is 3. The zero-order valence-corrected chi connectivity index (χ0v) is 18.4. The monoisotopic (exact) mass is 403 g/mol. The number of amides is 2. The molecule has 0 radical (unpaired) electrons. The molecule has 1 unspecified atom stereocenters. The van der Waals surface area contributed by atoms with Crippen LogP contribution in [0.1, 0.15) is 78.8 Å². The van der Waals surface area contributed by atoms with Crippen molar-refractivity contribution >= 4 is 18.0 Å². The molecule has 0 aromatic carbocycles. The van der Waals surface area contributed by atoms with Crippen LogP contribution in [0.2, 0.25) is 0 Å². The predicted molar refractivity (Wildman–Crippen MR) is 111 cm³/mol. The average molecular weight is 404 g/mol. The van der Waals surface area contributed by atoms with Gasteiger partial charge in [-0.15, -0.1) is 0 Å². The lowest BCUT2D eigenvalue weighted by Gasteiger charge is -2.32. The summed E-state index contributed by atoms with van der Waals surface area (Å²) in [5.41, 5.74) is -0.276. The van der Waals surface area contributed by atoms with E-state index in [1.807, 2.05) is 53.7 Å². The molecule has 160 valence electrons. The Morgan fingerprint density at radius 2 is 1.72 bits per heavy atom. The van der Waals surface area contributed by atoms with Gasteiger partial charge in [-0.05, 0) is 73.3 Å². The van der Waals surface area contributed by atoms with E-state index < -0.39 is 11.2 Å². The molecule has 29 heavy (non-hydrogen) atoms. The SMILES string of the molecule is CC(C)(C)OC(=O)N1CCCC1c1cccnc1N(C(=O)OC(C)(C)C)C1CC1. The van der Waals surface area contributed by atoms with Gasteiger partial charge >= 0.3 is 12.2 Å². The fourth-order valence-electron chi connectivity index (χ4n) is 3.55. The Morgan fingerprint density at radius 1 is 1.07 bits per heavy atom. The summed E-state index contributed by atoms with van der Waals surface area (Å²) in [4.78, 5) is 33.7. The second-order valence-corrected chi connectivity index (χ2v) is 9.83. The number of aromatic nitrogens is 1. The summed E-state index contributed by atoms with van der Waals surface area (Å²) in [6.45, 7) is 11.8. The van der Waals surface area contributed by atoms with Crippen LogP contribution in [-0.2, 0) is 9.47 Å². The molecule has 0 bridgehead atoms. The molecular formula is C22H33N3O4. The van der Waals surface area contributed by atoms with Crippen molar-refractivity contribution in [1.29, 1.82) is 0 Å². The summed E-state index contributed by atoms with van der Waals surface area (Å²) in [6.07, 6.45) is 4.52. The number of carbonyl (C=O) groups is 2. The van der Waals surface area contributed by atoms with Gasteiger partial charge in [0.05, 0.1) is 6.04 Å². The van der Waals surface area contributed by atoms with Crippen LogP contribution in [0.25, 0.3) is 0 Å². The summed E-state index contributed by atoms with van der Waals surface area (Å²) in [6, 6.07) is 3.73. The van der Waals surface area contributed by atoms with Crippen molar-refractivity contribution in [3.05, 3.63) is 23.9 Å². The fraction of sp³-hybridized carbons (Fsp3) is 0.682. The number of pyridine rings is 1. The number of carbonyl (C=O) groups excluding carboxylic acids is 2. The summed E-state index contributed by atoms with van der Waals surface area (Å²) in [7, 11) is 0. The van der Waals surface area contributed by atoms with Gasteiger partial charge in [-0.25, -0.2) is 14.6 Å². The minimum Gasteiger partial charge on any atom is -0.444 e. The van der Waals surface area contributed by atoms with Gasteiger partial charge in [-0.1, -0.05) is 6.07 Å². The van der Waals surface area contributed by atoms with Crippen LogP contribution in [0.3, 0.4) is 0 Å². The third-order valence-electron chi connectivity index (χ3n) is 4.79. The summed E-state index contributed by atoms with van der Waals surface area (Å²) in [5, 5.41) is 0. The largest absolute Gasteiger partial charge is 0.444 e. The number of hydrogen-bond donors (Lipinski definition) is 0. The van der Waals surface area contributed by atoms with E-state index in [2.05, 4.69) is 4.98 Å². The highest BCUT2D eigenvalue weighted by molar-refractivity contribution is 5.89. The molecular weight excluding hydrogens is 370 g/mol. The van der Waals surface area contributed by atoms with E-state index in [4.69, 9.17) is 9.47 Å². The number of anilines is 1. The normalized spacial score (nSPS) is 19.8. The van der Waals surface area contributed by atoms with E-state index in [9.17, 15) is 9.59 Å². The van der Waals surface area contributed by atoms with Crippen LogP contribution in [0, 0.1) is 0 Å². The Labute approximate surface area is 173 Å². The Bertz CT molecular complexity index is 762. The zero-order valence-electron chi connectivity index (χ0n) is 18.4. The summed E-state index contributed by atoms with van der Waals surface area (Å²) in [5.74, 6) is 0.588. The molecule has 2 aliphatic rings. The first-order valence-electron chi connectivity index (χ1n) is 10.4.